The first kappa shape index (κ1) is 18.5. The highest BCUT2D eigenvalue weighted by molar-refractivity contribution is 7.98. The molecule has 0 radical (unpaired) electrons. The minimum absolute atomic E-state index is 0.102. The molecular weight excluding hydrogens is 364 g/mol. The van der Waals surface area contributed by atoms with Gasteiger partial charge in [-0.15, -0.1) is 11.8 Å². The van der Waals surface area contributed by atoms with Crippen molar-refractivity contribution in [2.24, 2.45) is 0 Å². The van der Waals surface area contributed by atoms with Crippen LogP contribution in [0.25, 0.3) is 11.1 Å². The zero-order chi connectivity index (χ0) is 18.5. The molecule has 1 aromatic heterocycles. The number of pyridine rings is 1. The molecule has 1 heterocycles. The van der Waals surface area contributed by atoms with Crippen LogP contribution in [-0.4, -0.2) is 17.1 Å². The van der Waals surface area contributed by atoms with Crippen LogP contribution in [0.5, 0.6) is 0 Å². The van der Waals surface area contributed by atoms with Gasteiger partial charge in [-0.05, 0) is 66.3 Å². The van der Waals surface area contributed by atoms with Crippen molar-refractivity contribution in [2.45, 2.75) is 18.4 Å². The van der Waals surface area contributed by atoms with Crippen LogP contribution in [0.15, 0.2) is 65.7 Å². The zero-order valence-corrected chi connectivity index (χ0v) is 16.2. The van der Waals surface area contributed by atoms with Crippen LogP contribution in [0.3, 0.4) is 0 Å². The Labute approximate surface area is 162 Å². The number of hydrogen-bond acceptors (Lipinski definition) is 3. The molecule has 0 fully saturated rings. The molecule has 3 nitrogen and oxygen atoms in total. The van der Waals surface area contributed by atoms with Gasteiger partial charge in [0.05, 0.1) is 12.2 Å². The number of nitrogens with zero attached hydrogens (tertiary/aromatic N) is 1. The summed E-state index contributed by atoms with van der Waals surface area (Å²) in [4.78, 5) is 17.9. The molecule has 1 amide bonds. The van der Waals surface area contributed by atoms with Crippen molar-refractivity contribution in [2.75, 3.05) is 6.26 Å². The highest BCUT2D eigenvalue weighted by Gasteiger charge is 2.09. The Balaban J connectivity index is 1.72. The van der Waals surface area contributed by atoms with Crippen LogP contribution < -0.4 is 5.32 Å². The average molecular weight is 383 g/mol. The number of benzene rings is 2. The van der Waals surface area contributed by atoms with Crippen LogP contribution >= 0.6 is 23.4 Å². The summed E-state index contributed by atoms with van der Waals surface area (Å²) in [6, 6.07) is 17.3. The first-order valence-corrected chi connectivity index (χ1v) is 9.81. The summed E-state index contributed by atoms with van der Waals surface area (Å²) in [6.45, 7) is 2.41. The lowest BCUT2D eigenvalue weighted by Gasteiger charge is -2.09. The molecule has 26 heavy (non-hydrogen) atoms. The number of carbonyl (C=O) groups excluding carboxylic acids is 1. The second-order valence-electron chi connectivity index (χ2n) is 5.91. The maximum atomic E-state index is 12.4. The lowest BCUT2D eigenvalue weighted by Crippen LogP contribution is -2.23. The molecule has 0 aliphatic heterocycles. The normalized spacial score (nSPS) is 10.6. The Kier molecular flexibility index (Phi) is 5.96. The summed E-state index contributed by atoms with van der Waals surface area (Å²) in [5.41, 5.74) is 4.67. The van der Waals surface area contributed by atoms with E-state index in [-0.39, 0.29) is 5.91 Å². The van der Waals surface area contributed by atoms with Gasteiger partial charge in [0.2, 0.25) is 0 Å². The van der Waals surface area contributed by atoms with Crippen molar-refractivity contribution < 1.29 is 4.79 Å². The number of aromatic nitrogens is 1. The van der Waals surface area contributed by atoms with Gasteiger partial charge in [-0.2, -0.15) is 0 Å². The number of thioether (sulfide) groups is 1. The van der Waals surface area contributed by atoms with Gasteiger partial charge < -0.3 is 5.32 Å². The molecule has 0 aliphatic rings. The number of aryl methyl sites for hydroxylation is 1. The van der Waals surface area contributed by atoms with Crippen molar-refractivity contribution in [1.82, 2.24) is 10.3 Å². The number of nitrogens with one attached hydrogen (secondary N) is 1. The summed E-state index contributed by atoms with van der Waals surface area (Å²) in [6.07, 6.45) is 3.75. The topological polar surface area (TPSA) is 42.0 Å². The van der Waals surface area contributed by atoms with E-state index in [1.807, 2.05) is 67.8 Å². The molecule has 132 valence electrons. The van der Waals surface area contributed by atoms with E-state index >= 15 is 0 Å². The van der Waals surface area contributed by atoms with Gasteiger partial charge >= 0.3 is 0 Å². The Morgan fingerprint density at radius 1 is 1.12 bits per heavy atom. The largest absolute Gasteiger partial charge is 0.346 e. The first-order chi connectivity index (χ1) is 12.6. The summed E-state index contributed by atoms with van der Waals surface area (Å²) < 4.78 is 0. The third-order valence-electron chi connectivity index (χ3n) is 4.07. The van der Waals surface area contributed by atoms with E-state index in [0.717, 1.165) is 21.7 Å². The Morgan fingerprint density at radius 3 is 2.69 bits per heavy atom. The van der Waals surface area contributed by atoms with Gasteiger partial charge in [0.25, 0.3) is 5.91 Å². The van der Waals surface area contributed by atoms with Gasteiger partial charge in [-0.3, -0.25) is 9.78 Å². The monoisotopic (exact) mass is 382 g/mol. The molecule has 0 saturated carbocycles. The molecule has 0 saturated heterocycles. The Bertz CT molecular complexity index is 943. The van der Waals surface area contributed by atoms with Gasteiger partial charge in [-0.1, -0.05) is 29.8 Å². The van der Waals surface area contributed by atoms with E-state index < -0.39 is 0 Å². The van der Waals surface area contributed by atoms with Crippen LogP contribution in [0.2, 0.25) is 5.02 Å². The number of amides is 1. The summed E-state index contributed by atoms with van der Waals surface area (Å²) in [5, 5.41) is 3.63. The minimum Gasteiger partial charge on any atom is -0.346 e. The van der Waals surface area contributed by atoms with Crippen molar-refractivity contribution in [3.63, 3.8) is 0 Å². The zero-order valence-electron chi connectivity index (χ0n) is 14.6. The summed E-state index contributed by atoms with van der Waals surface area (Å²) >= 11 is 7.71. The molecule has 3 aromatic rings. The van der Waals surface area contributed by atoms with Crippen molar-refractivity contribution in [3.05, 3.63) is 82.6 Å². The van der Waals surface area contributed by atoms with E-state index in [9.17, 15) is 4.79 Å². The minimum atomic E-state index is -0.102. The molecule has 1 N–H and O–H groups in total. The SMILES string of the molecule is CSc1cc(C(=O)NCc2cc(-c3cccc(Cl)c3)ccn2)ccc1C. The second kappa shape index (κ2) is 8.39. The maximum absolute atomic E-state index is 12.4. The van der Waals surface area contributed by atoms with E-state index in [0.29, 0.717) is 17.1 Å². The molecule has 0 bridgehead atoms. The molecule has 3 rings (SSSR count). The number of carbonyl (C=O) groups is 1. The lowest BCUT2D eigenvalue weighted by molar-refractivity contribution is 0.0950. The number of hydrogen-bond donors (Lipinski definition) is 1. The third-order valence-corrected chi connectivity index (χ3v) is 5.19. The van der Waals surface area contributed by atoms with Crippen molar-refractivity contribution >= 4 is 29.3 Å². The molecule has 0 unspecified atom stereocenters. The van der Waals surface area contributed by atoms with E-state index in [1.54, 1.807) is 18.0 Å². The fraction of sp³-hybridized carbons (Fsp3) is 0.143. The highest BCUT2D eigenvalue weighted by atomic mass is 35.5. The third kappa shape index (κ3) is 4.45. The average Bonchev–Trinajstić information content (AvgIpc) is 2.66. The molecular formula is C21H19ClN2OS. The lowest BCUT2D eigenvalue weighted by atomic mass is 10.1. The van der Waals surface area contributed by atoms with Gasteiger partial charge in [0.1, 0.15) is 0 Å². The summed E-state index contributed by atoms with van der Waals surface area (Å²) in [7, 11) is 0. The van der Waals surface area contributed by atoms with Crippen LogP contribution in [-0.2, 0) is 6.54 Å². The van der Waals surface area contributed by atoms with Crippen LogP contribution in [0.1, 0.15) is 21.6 Å². The second-order valence-corrected chi connectivity index (χ2v) is 7.20. The van der Waals surface area contributed by atoms with E-state index in [4.69, 9.17) is 11.6 Å². The van der Waals surface area contributed by atoms with Gasteiger partial charge in [0, 0.05) is 21.7 Å². The van der Waals surface area contributed by atoms with E-state index in [2.05, 4.69) is 10.3 Å². The smallest absolute Gasteiger partial charge is 0.251 e. The van der Waals surface area contributed by atoms with Crippen LogP contribution in [0, 0.1) is 6.92 Å². The number of halogens is 1. The van der Waals surface area contributed by atoms with Gasteiger partial charge in [0.15, 0.2) is 0 Å². The fourth-order valence-electron chi connectivity index (χ4n) is 2.66. The highest BCUT2D eigenvalue weighted by Crippen LogP contribution is 2.23. The van der Waals surface area contributed by atoms with Crippen molar-refractivity contribution in [3.8, 4) is 11.1 Å². The quantitative estimate of drug-likeness (QED) is 0.604. The van der Waals surface area contributed by atoms with E-state index in [1.165, 1.54) is 5.56 Å². The molecule has 0 atom stereocenters. The fourth-order valence-corrected chi connectivity index (χ4v) is 3.48. The standard InChI is InChI=1S/C21H19ClN2OS/c1-14-6-7-17(12-20(14)26-2)21(25)24-13-19-11-16(8-9-23-19)15-4-3-5-18(22)10-15/h3-12H,13H2,1-2H3,(H,24,25). The van der Waals surface area contributed by atoms with Crippen molar-refractivity contribution in [1.29, 1.82) is 0 Å². The van der Waals surface area contributed by atoms with Gasteiger partial charge in [-0.25, -0.2) is 0 Å². The maximum Gasteiger partial charge on any atom is 0.251 e. The predicted molar refractivity (Wildman–Crippen MR) is 109 cm³/mol. The molecule has 0 spiro atoms. The number of rotatable bonds is 5. The predicted octanol–water partition coefficient (Wildman–Crippen LogP) is 5.36. The Morgan fingerprint density at radius 2 is 1.92 bits per heavy atom. The molecule has 2 aromatic carbocycles. The first-order valence-electron chi connectivity index (χ1n) is 8.20. The molecule has 0 aliphatic carbocycles. The summed E-state index contributed by atoms with van der Waals surface area (Å²) in [5.74, 6) is -0.102. The Hall–Kier alpha value is -2.30. The van der Waals surface area contributed by atoms with Crippen LogP contribution in [0.4, 0.5) is 0 Å². The molecule has 5 heteroatoms.